The Morgan fingerprint density at radius 3 is 2.65 bits per heavy atom. The Labute approximate surface area is 236 Å². The molecule has 5 rings (SSSR count). The maximum atomic E-state index is 13.7. The number of H-pyrrole nitrogens is 1. The number of benzene rings is 1. The third kappa shape index (κ3) is 6.18. The van der Waals surface area contributed by atoms with Gasteiger partial charge < -0.3 is 31.6 Å². The summed E-state index contributed by atoms with van der Waals surface area (Å²) in [4.78, 5) is 61.5. The molecule has 212 valence electrons. The monoisotopic (exact) mass is 565 g/mol. The molecule has 3 atom stereocenters. The molecule has 11 nitrogen and oxygen atoms in total. The van der Waals surface area contributed by atoms with Gasteiger partial charge in [-0.3, -0.25) is 19.2 Å². The number of amides is 4. The first-order valence-electron chi connectivity index (χ1n) is 13.7. The fourth-order valence-corrected chi connectivity index (χ4v) is 6.20. The molecule has 12 heteroatoms. The van der Waals surface area contributed by atoms with E-state index in [1.165, 1.54) is 16.2 Å². The maximum Gasteiger partial charge on any atom is 0.274 e. The summed E-state index contributed by atoms with van der Waals surface area (Å²) >= 11 is 1.36. The van der Waals surface area contributed by atoms with E-state index in [1.807, 2.05) is 31.2 Å². The van der Waals surface area contributed by atoms with Crippen LogP contribution in [0.25, 0.3) is 10.9 Å². The van der Waals surface area contributed by atoms with E-state index in [-0.39, 0.29) is 48.9 Å². The number of thiazole rings is 1. The third-order valence-corrected chi connectivity index (χ3v) is 8.59. The van der Waals surface area contributed by atoms with Crippen LogP contribution in [0.1, 0.15) is 46.7 Å². The van der Waals surface area contributed by atoms with Gasteiger partial charge in [-0.1, -0.05) is 18.2 Å². The first-order valence-corrected chi connectivity index (χ1v) is 14.6. The largest absolute Gasteiger partial charge is 0.368 e. The highest BCUT2D eigenvalue weighted by molar-refractivity contribution is 7.09. The number of aromatic amines is 1. The third-order valence-electron chi connectivity index (χ3n) is 7.82. The van der Waals surface area contributed by atoms with Crippen molar-refractivity contribution in [2.75, 3.05) is 19.6 Å². The number of carbonyl (C=O) groups is 4. The molecule has 2 aliphatic rings. The van der Waals surface area contributed by atoms with Gasteiger partial charge in [-0.25, -0.2) is 4.98 Å². The lowest BCUT2D eigenvalue weighted by Gasteiger charge is -2.39. The molecule has 0 spiro atoms. The number of hydrogen-bond donors (Lipinski definition) is 5. The first-order chi connectivity index (χ1) is 19.3. The van der Waals surface area contributed by atoms with Crippen molar-refractivity contribution in [1.82, 2.24) is 30.8 Å². The number of aromatic nitrogens is 2. The Kier molecular flexibility index (Phi) is 8.46. The Balaban J connectivity index is 1.33. The molecular weight excluding hydrogens is 530 g/mol. The Morgan fingerprint density at radius 2 is 1.93 bits per heavy atom. The molecule has 4 amide bonds. The molecule has 3 aromatic rings. The highest BCUT2D eigenvalue weighted by atomic mass is 32.1. The number of nitrogens with one attached hydrogen (secondary N) is 4. The molecule has 0 saturated carbocycles. The predicted octanol–water partition coefficient (Wildman–Crippen LogP) is 1.23. The molecule has 6 N–H and O–H groups in total. The van der Waals surface area contributed by atoms with Crippen molar-refractivity contribution < 1.29 is 19.2 Å². The highest BCUT2D eigenvalue weighted by Crippen LogP contribution is 2.24. The fourth-order valence-electron chi connectivity index (χ4n) is 5.61. The van der Waals surface area contributed by atoms with Crippen LogP contribution in [0.4, 0.5) is 0 Å². The number of fused-ring (bicyclic) bond motifs is 1. The minimum atomic E-state index is -0.977. The van der Waals surface area contributed by atoms with E-state index in [1.54, 1.807) is 11.6 Å². The summed E-state index contributed by atoms with van der Waals surface area (Å²) in [5, 5.41) is 12.6. The minimum absolute atomic E-state index is 0.0186. The summed E-state index contributed by atoms with van der Waals surface area (Å²) in [6, 6.07) is 5.53. The van der Waals surface area contributed by atoms with E-state index in [0.717, 1.165) is 47.4 Å². The van der Waals surface area contributed by atoms with E-state index in [9.17, 15) is 19.2 Å². The van der Waals surface area contributed by atoms with E-state index in [0.29, 0.717) is 6.42 Å². The van der Waals surface area contributed by atoms with Crippen molar-refractivity contribution in [2.45, 2.75) is 57.2 Å². The number of para-hydroxylation sites is 1. The number of aryl methyl sites for hydroxylation is 1. The molecule has 2 aliphatic heterocycles. The number of likely N-dealkylation sites (tertiary alicyclic amines) is 1. The Bertz CT molecular complexity index is 1400. The topological polar surface area (TPSA) is 162 Å². The van der Waals surface area contributed by atoms with Crippen molar-refractivity contribution >= 4 is 45.9 Å². The van der Waals surface area contributed by atoms with Crippen LogP contribution in [-0.2, 0) is 20.8 Å². The number of nitrogens with two attached hydrogens (primary N) is 1. The minimum Gasteiger partial charge on any atom is -0.368 e. The Hall–Kier alpha value is -3.77. The molecule has 0 radical (unpaired) electrons. The number of hydrogen-bond acceptors (Lipinski definition) is 7. The van der Waals surface area contributed by atoms with E-state index >= 15 is 0 Å². The van der Waals surface area contributed by atoms with Crippen molar-refractivity contribution in [3.8, 4) is 0 Å². The summed E-state index contributed by atoms with van der Waals surface area (Å²) < 4.78 is 0. The van der Waals surface area contributed by atoms with Gasteiger partial charge in [-0.2, -0.15) is 0 Å². The second-order valence-corrected chi connectivity index (χ2v) is 11.6. The SMILES string of the molecule is Cc1nc(C(=O)N2CC[C@H](NC(=O)C3CCNCC3)C[C@H]2C(=O)N[C@H](Cc2c[nH]c3ccccc23)C(N)=O)cs1. The molecule has 0 bridgehead atoms. The normalized spacial score (nSPS) is 20.7. The molecule has 2 aromatic heterocycles. The summed E-state index contributed by atoms with van der Waals surface area (Å²) in [5.74, 6) is -1.58. The second kappa shape index (κ2) is 12.2. The molecule has 1 aromatic carbocycles. The van der Waals surface area contributed by atoms with Gasteiger partial charge in [0.05, 0.1) is 5.01 Å². The highest BCUT2D eigenvalue weighted by Gasteiger charge is 2.39. The number of piperidine rings is 2. The van der Waals surface area contributed by atoms with Gasteiger partial charge in [0.15, 0.2) is 0 Å². The number of nitrogens with zero attached hydrogens (tertiary/aromatic N) is 2. The molecule has 0 unspecified atom stereocenters. The average Bonchev–Trinajstić information content (AvgIpc) is 3.58. The van der Waals surface area contributed by atoms with Crippen LogP contribution in [0, 0.1) is 12.8 Å². The van der Waals surface area contributed by atoms with E-state index in [4.69, 9.17) is 5.73 Å². The van der Waals surface area contributed by atoms with Crippen LogP contribution in [0.15, 0.2) is 35.8 Å². The van der Waals surface area contributed by atoms with E-state index in [2.05, 4.69) is 25.9 Å². The van der Waals surface area contributed by atoms with Crippen LogP contribution in [0.2, 0.25) is 0 Å². The molecule has 2 saturated heterocycles. The number of rotatable bonds is 8. The Morgan fingerprint density at radius 1 is 1.15 bits per heavy atom. The molecule has 4 heterocycles. The summed E-state index contributed by atoms with van der Waals surface area (Å²) in [7, 11) is 0. The summed E-state index contributed by atoms with van der Waals surface area (Å²) in [5.41, 5.74) is 7.77. The average molecular weight is 566 g/mol. The van der Waals surface area contributed by atoms with Crippen molar-refractivity contribution in [1.29, 1.82) is 0 Å². The van der Waals surface area contributed by atoms with Gasteiger partial charge in [0, 0.05) is 47.4 Å². The van der Waals surface area contributed by atoms with Crippen LogP contribution >= 0.6 is 11.3 Å². The van der Waals surface area contributed by atoms with Crippen molar-refractivity contribution in [2.24, 2.45) is 11.7 Å². The number of carbonyl (C=O) groups excluding carboxylic acids is 4. The van der Waals surface area contributed by atoms with Crippen LogP contribution in [0.3, 0.4) is 0 Å². The van der Waals surface area contributed by atoms with Crippen molar-refractivity contribution in [3.63, 3.8) is 0 Å². The zero-order chi connectivity index (χ0) is 28.2. The summed E-state index contributed by atoms with van der Waals surface area (Å²) in [6.07, 6.45) is 4.29. The van der Waals surface area contributed by atoms with Crippen LogP contribution < -0.4 is 21.7 Å². The van der Waals surface area contributed by atoms with Crippen LogP contribution in [-0.4, -0.2) is 76.3 Å². The van der Waals surface area contributed by atoms with E-state index < -0.39 is 23.9 Å². The lowest BCUT2D eigenvalue weighted by molar-refractivity contribution is -0.132. The zero-order valence-electron chi connectivity index (χ0n) is 22.4. The maximum absolute atomic E-state index is 13.7. The molecule has 2 fully saturated rings. The molecule has 40 heavy (non-hydrogen) atoms. The lowest BCUT2D eigenvalue weighted by atomic mass is 9.92. The zero-order valence-corrected chi connectivity index (χ0v) is 23.3. The quantitative estimate of drug-likeness (QED) is 0.276. The van der Waals surface area contributed by atoms with Gasteiger partial charge in [-0.15, -0.1) is 11.3 Å². The molecule has 0 aliphatic carbocycles. The van der Waals surface area contributed by atoms with Gasteiger partial charge >= 0.3 is 0 Å². The van der Waals surface area contributed by atoms with Gasteiger partial charge in [0.2, 0.25) is 17.7 Å². The smallest absolute Gasteiger partial charge is 0.274 e. The predicted molar refractivity (Wildman–Crippen MR) is 152 cm³/mol. The van der Waals surface area contributed by atoms with Gasteiger partial charge in [-0.05, 0) is 57.3 Å². The van der Waals surface area contributed by atoms with Crippen LogP contribution in [0.5, 0.6) is 0 Å². The second-order valence-electron chi connectivity index (χ2n) is 10.5. The summed E-state index contributed by atoms with van der Waals surface area (Å²) in [6.45, 7) is 3.69. The van der Waals surface area contributed by atoms with Gasteiger partial charge in [0.25, 0.3) is 5.91 Å². The fraction of sp³-hybridized carbons (Fsp3) is 0.464. The number of primary amides is 1. The lowest BCUT2D eigenvalue weighted by Crippen LogP contribution is -2.60. The van der Waals surface area contributed by atoms with Crippen molar-refractivity contribution in [3.05, 3.63) is 52.1 Å². The van der Waals surface area contributed by atoms with Gasteiger partial charge in [0.1, 0.15) is 17.8 Å². The molecular formula is C28H35N7O4S. The first kappa shape index (κ1) is 27.8. The standard InChI is InChI=1S/C28H35N7O4S/c1-16-32-23(15-40-16)28(39)35-11-8-19(33-26(37)17-6-9-30-10-7-17)13-24(35)27(38)34-22(25(29)36)12-18-14-31-21-5-3-2-4-20(18)21/h2-5,14-15,17,19,22,24,30-31H,6-13H2,1H3,(H2,29,36)(H,33,37)(H,34,38)/t19-,22+,24-/m0/s1.